The van der Waals surface area contributed by atoms with Crippen molar-refractivity contribution >= 4 is 11.7 Å². The van der Waals surface area contributed by atoms with Crippen molar-refractivity contribution in [2.75, 3.05) is 11.9 Å². The monoisotopic (exact) mass is 273 g/mol. The number of nitrogens with zero attached hydrogens (tertiary/aromatic N) is 1. The van der Waals surface area contributed by atoms with E-state index in [4.69, 9.17) is 0 Å². The Kier molecular flexibility index (Phi) is 4.04. The number of hydrogen-bond donors (Lipinski definition) is 2. The van der Waals surface area contributed by atoms with Crippen LogP contribution in [0.1, 0.15) is 25.0 Å². The lowest BCUT2D eigenvalue weighted by atomic mass is 10.0. The number of alkyl halides is 3. The third kappa shape index (κ3) is 3.66. The Morgan fingerprint density at radius 2 is 2.16 bits per heavy atom. The second-order valence-corrected chi connectivity index (χ2v) is 4.40. The number of halogens is 3. The van der Waals surface area contributed by atoms with Gasteiger partial charge in [-0.3, -0.25) is 4.79 Å². The zero-order valence-electron chi connectivity index (χ0n) is 10.1. The normalized spacial score (nSPS) is 20.1. The molecule has 0 radical (unpaired) electrons. The van der Waals surface area contributed by atoms with Gasteiger partial charge in [0.15, 0.2) is 0 Å². The lowest BCUT2D eigenvalue weighted by Gasteiger charge is -2.22. The standard InChI is InChI=1S/C12H14F3N3O/c13-12(14,15)9-5-3-6-10(17-9)18-11(19)8-4-1-2-7-16-8/h3,5-6,8,16H,1-2,4,7H2,(H,17,18,19)/t8-/m0/s1. The van der Waals surface area contributed by atoms with Gasteiger partial charge in [0, 0.05) is 0 Å². The van der Waals surface area contributed by atoms with Crippen molar-refractivity contribution in [1.29, 1.82) is 0 Å². The zero-order valence-corrected chi connectivity index (χ0v) is 10.1. The number of rotatable bonds is 2. The van der Waals surface area contributed by atoms with E-state index in [1.54, 1.807) is 0 Å². The van der Waals surface area contributed by atoms with E-state index in [2.05, 4.69) is 15.6 Å². The van der Waals surface area contributed by atoms with E-state index < -0.39 is 11.9 Å². The van der Waals surface area contributed by atoms with Crippen LogP contribution in [0, 0.1) is 0 Å². The molecule has 1 aliphatic rings. The molecule has 1 atom stereocenters. The first-order valence-electron chi connectivity index (χ1n) is 6.05. The van der Waals surface area contributed by atoms with Gasteiger partial charge in [-0.1, -0.05) is 12.5 Å². The van der Waals surface area contributed by atoms with Gasteiger partial charge in [-0.25, -0.2) is 4.98 Å². The van der Waals surface area contributed by atoms with Crippen LogP contribution in [0.4, 0.5) is 19.0 Å². The van der Waals surface area contributed by atoms with E-state index in [0.29, 0.717) is 6.42 Å². The number of anilines is 1. The number of aromatic nitrogens is 1. The van der Waals surface area contributed by atoms with Crippen LogP contribution in [0.15, 0.2) is 18.2 Å². The maximum atomic E-state index is 12.5. The summed E-state index contributed by atoms with van der Waals surface area (Å²) in [6.07, 6.45) is -1.89. The predicted octanol–water partition coefficient (Wildman–Crippen LogP) is 2.18. The summed E-state index contributed by atoms with van der Waals surface area (Å²) in [4.78, 5) is 15.2. The Balaban J connectivity index is 2.04. The third-order valence-electron chi connectivity index (χ3n) is 2.92. The molecule has 2 heterocycles. The average molecular weight is 273 g/mol. The first-order valence-corrected chi connectivity index (χ1v) is 6.05. The maximum Gasteiger partial charge on any atom is 0.433 e. The van der Waals surface area contributed by atoms with Crippen molar-refractivity contribution in [3.8, 4) is 0 Å². The highest BCUT2D eigenvalue weighted by atomic mass is 19.4. The molecule has 104 valence electrons. The van der Waals surface area contributed by atoms with Crippen molar-refractivity contribution in [3.63, 3.8) is 0 Å². The van der Waals surface area contributed by atoms with Gasteiger partial charge in [0.05, 0.1) is 6.04 Å². The summed E-state index contributed by atoms with van der Waals surface area (Å²) >= 11 is 0. The number of pyridine rings is 1. The van der Waals surface area contributed by atoms with E-state index >= 15 is 0 Å². The minimum absolute atomic E-state index is 0.0767. The van der Waals surface area contributed by atoms with Crippen LogP contribution >= 0.6 is 0 Å². The van der Waals surface area contributed by atoms with Gasteiger partial charge in [-0.15, -0.1) is 0 Å². The lowest BCUT2D eigenvalue weighted by molar-refractivity contribution is -0.141. The highest BCUT2D eigenvalue weighted by molar-refractivity contribution is 5.94. The summed E-state index contributed by atoms with van der Waals surface area (Å²) in [6, 6.07) is 3.08. The van der Waals surface area contributed by atoms with Crippen molar-refractivity contribution < 1.29 is 18.0 Å². The van der Waals surface area contributed by atoms with Crippen LogP contribution in [0.3, 0.4) is 0 Å². The van der Waals surface area contributed by atoms with E-state index in [1.165, 1.54) is 12.1 Å². The summed E-state index contributed by atoms with van der Waals surface area (Å²) in [6.45, 7) is 0.744. The molecule has 0 bridgehead atoms. The summed E-state index contributed by atoms with van der Waals surface area (Å²) in [7, 11) is 0. The van der Waals surface area contributed by atoms with Crippen molar-refractivity contribution in [2.24, 2.45) is 0 Å². The van der Waals surface area contributed by atoms with E-state index in [0.717, 1.165) is 25.5 Å². The molecule has 1 saturated heterocycles. The molecule has 0 aromatic carbocycles. The Bertz CT molecular complexity index is 456. The first-order chi connectivity index (χ1) is 8.97. The minimum atomic E-state index is -4.51. The fraction of sp³-hybridized carbons (Fsp3) is 0.500. The molecule has 1 aromatic rings. The Morgan fingerprint density at radius 3 is 2.79 bits per heavy atom. The van der Waals surface area contributed by atoms with Gasteiger partial charge < -0.3 is 10.6 Å². The Morgan fingerprint density at radius 1 is 1.37 bits per heavy atom. The number of carbonyl (C=O) groups excluding carboxylic acids is 1. The molecular formula is C12H14F3N3O. The molecule has 0 spiro atoms. The van der Waals surface area contributed by atoms with Gasteiger partial charge in [-0.05, 0) is 31.5 Å². The molecule has 2 rings (SSSR count). The highest BCUT2D eigenvalue weighted by Gasteiger charge is 2.32. The average Bonchev–Trinajstić information content (AvgIpc) is 2.39. The topological polar surface area (TPSA) is 54.0 Å². The fourth-order valence-corrected chi connectivity index (χ4v) is 1.95. The number of piperidine rings is 1. The SMILES string of the molecule is O=C(Nc1cccc(C(F)(F)F)n1)[C@@H]1CCCCN1. The van der Waals surface area contributed by atoms with Crippen molar-refractivity contribution in [1.82, 2.24) is 10.3 Å². The van der Waals surface area contributed by atoms with Crippen LogP contribution in [0.5, 0.6) is 0 Å². The molecule has 4 nitrogen and oxygen atoms in total. The molecule has 1 aromatic heterocycles. The second kappa shape index (κ2) is 5.56. The zero-order chi connectivity index (χ0) is 13.9. The summed E-state index contributed by atoms with van der Waals surface area (Å²) in [5.41, 5.74) is -1.01. The van der Waals surface area contributed by atoms with E-state index in [1.807, 2.05) is 0 Å². The van der Waals surface area contributed by atoms with Gasteiger partial charge >= 0.3 is 6.18 Å². The molecule has 1 amide bonds. The Labute approximate surface area is 108 Å². The molecule has 0 saturated carbocycles. The third-order valence-corrected chi connectivity index (χ3v) is 2.92. The minimum Gasteiger partial charge on any atom is -0.309 e. The van der Waals surface area contributed by atoms with Crippen molar-refractivity contribution in [2.45, 2.75) is 31.5 Å². The van der Waals surface area contributed by atoms with E-state index in [9.17, 15) is 18.0 Å². The van der Waals surface area contributed by atoms with Crippen molar-refractivity contribution in [3.05, 3.63) is 23.9 Å². The lowest BCUT2D eigenvalue weighted by Crippen LogP contribution is -2.43. The van der Waals surface area contributed by atoms with Crippen LogP contribution in [-0.2, 0) is 11.0 Å². The van der Waals surface area contributed by atoms with E-state index in [-0.39, 0.29) is 17.8 Å². The highest BCUT2D eigenvalue weighted by Crippen LogP contribution is 2.28. The molecular weight excluding hydrogens is 259 g/mol. The van der Waals surface area contributed by atoms with Crippen LogP contribution in [0.25, 0.3) is 0 Å². The number of nitrogens with one attached hydrogen (secondary N) is 2. The fourth-order valence-electron chi connectivity index (χ4n) is 1.95. The maximum absolute atomic E-state index is 12.5. The van der Waals surface area contributed by atoms with Gasteiger partial charge in [-0.2, -0.15) is 13.2 Å². The number of hydrogen-bond acceptors (Lipinski definition) is 3. The number of amides is 1. The van der Waals surface area contributed by atoms with Crippen LogP contribution in [0.2, 0.25) is 0 Å². The van der Waals surface area contributed by atoms with Gasteiger partial charge in [0.25, 0.3) is 0 Å². The molecule has 0 unspecified atom stereocenters. The van der Waals surface area contributed by atoms with Crippen LogP contribution in [-0.4, -0.2) is 23.5 Å². The molecule has 19 heavy (non-hydrogen) atoms. The summed E-state index contributed by atoms with van der Waals surface area (Å²) < 4.78 is 37.4. The smallest absolute Gasteiger partial charge is 0.309 e. The molecule has 1 aliphatic heterocycles. The first kappa shape index (κ1) is 13.8. The predicted molar refractivity (Wildman–Crippen MR) is 63.5 cm³/mol. The van der Waals surface area contributed by atoms with Crippen LogP contribution < -0.4 is 10.6 Å². The molecule has 7 heteroatoms. The Hall–Kier alpha value is -1.63. The van der Waals surface area contributed by atoms with Gasteiger partial charge in [0.2, 0.25) is 5.91 Å². The second-order valence-electron chi connectivity index (χ2n) is 4.40. The largest absolute Gasteiger partial charge is 0.433 e. The summed E-state index contributed by atoms with van der Waals surface area (Å²) in [5, 5.41) is 5.43. The number of carbonyl (C=O) groups is 1. The van der Waals surface area contributed by atoms with Gasteiger partial charge in [0.1, 0.15) is 11.5 Å². The quantitative estimate of drug-likeness (QED) is 0.868. The molecule has 0 aliphatic carbocycles. The summed E-state index contributed by atoms with van der Waals surface area (Å²) in [5.74, 6) is -0.418. The molecule has 1 fully saturated rings. The molecule has 2 N–H and O–H groups in total.